The van der Waals surface area contributed by atoms with Crippen molar-refractivity contribution >= 4 is 11.2 Å². The Balaban J connectivity index is 2.89. The first-order valence-corrected chi connectivity index (χ1v) is 2.95. The lowest BCUT2D eigenvalue weighted by molar-refractivity contribution is 1.11. The van der Waals surface area contributed by atoms with E-state index in [-0.39, 0.29) is 0 Å². The van der Waals surface area contributed by atoms with Crippen LogP contribution in [0.4, 0.5) is 0 Å². The quantitative estimate of drug-likeness (QED) is 0.529. The molecule has 0 atom stereocenters. The van der Waals surface area contributed by atoms with Gasteiger partial charge in [-0.2, -0.15) is 5.26 Å². The van der Waals surface area contributed by atoms with E-state index in [9.17, 15) is 0 Å². The third kappa shape index (κ3) is 0.730. The molecule has 0 saturated heterocycles. The maximum absolute atomic E-state index is 8.54. The van der Waals surface area contributed by atoms with Gasteiger partial charge in [0.15, 0.2) is 11.8 Å². The lowest BCUT2D eigenvalue weighted by Crippen LogP contribution is -1.85. The molecule has 0 aliphatic rings. The zero-order valence-electron chi connectivity index (χ0n) is 5.47. The van der Waals surface area contributed by atoms with E-state index in [4.69, 9.17) is 5.26 Å². The number of nitrogens with zero attached hydrogens (tertiary/aromatic N) is 5. The third-order valence-corrected chi connectivity index (χ3v) is 1.34. The molecule has 0 aromatic carbocycles. The van der Waals surface area contributed by atoms with Crippen LogP contribution in [-0.4, -0.2) is 19.5 Å². The number of hydrogen-bond acceptors (Lipinski definition) is 4. The van der Waals surface area contributed by atoms with Crippen LogP contribution in [0.2, 0.25) is 0 Å². The molecule has 2 heterocycles. The fourth-order valence-corrected chi connectivity index (χ4v) is 0.840. The summed E-state index contributed by atoms with van der Waals surface area (Å²) in [4.78, 5) is 11.5. The number of rotatable bonds is 0. The zero-order valence-corrected chi connectivity index (χ0v) is 5.47. The van der Waals surface area contributed by atoms with Gasteiger partial charge in [-0.25, -0.2) is 19.5 Å². The van der Waals surface area contributed by atoms with E-state index in [1.165, 1.54) is 17.2 Å². The molecule has 52 valence electrons. The van der Waals surface area contributed by atoms with Gasteiger partial charge >= 0.3 is 0 Å². The fourth-order valence-electron chi connectivity index (χ4n) is 0.840. The van der Waals surface area contributed by atoms with Crippen LogP contribution in [0.5, 0.6) is 0 Å². The average molecular weight is 145 g/mol. The van der Waals surface area contributed by atoms with Gasteiger partial charge in [0.2, 0.25) is 0 Å². The molecule has 0 aliphatic carbocycles. The van der Waals surface area contributed by atoms with Crippen LogP contribution in [0.15, 0.2) is 18.9 Å². The summed E-state index contributed by atoms with van der Waals surface area (Å²) in [6, 6.07) is 0. The Bertz CT molecular complexity index is 424. The normalized spacial score (nSPS) is 9.73. The van der Waals surface area contributed by atoms with Gasteiger partial charge in [0.25, 0.3) is 0 Å². The zero-order chi connectivity index (χ0) is 7.68. The molecule has 0 unspecified atom stereocenters. The molecular weight excluding hydrogens is 142 g/mol. The Hall–Kier alpha value is -1.96. The molecule has 2 aromatic heterocycles. The molecule has 11 heavy (non-hydrogen) atoms. The second kappa shape index (κ2) is 2.02. The number of fused-ring (bicyclic) bond motifs is 1. The Morgan fingerprint density at radius 3 is 3.18 bits per heavy atom. The van der Waals surface area contributed by atoms with Crippen molar-refractivity contribution in [2.45, 2.75) is 0 Å². The van der Waals surface area contributed by atoms with E-state index in [0.29, 0.717) is 11.2 Å². The van der Waals surface area contributed by atoms with Crippen LogP contribution in [0, 0.1) is 11.5 Å². The van der Waals surface area contributed by atoms with Gasteiger partial charge < -0.3 is 0 Å². The predicted molar refractivity (Wildman–Crippen MR) is 36.3 cm³/mol. The summed E-state index contributed by atoms with van der Waals surface area (Å²) in [5, 5.41) is 8.54. The minimum Gasteiger partial charge on any atom is -0.242 e. The van der Waals surface area contributed by atoms with Crippen molar-refractivity contribution < 1.29 is 0 Å². The average Bonchev–Trinajstić information content (AvgIpc) is 2.47. The summed E-state index contributed by atoms with van der Waals surface area (Å²) in [6.45, 7) is 0. The maximum Gasteiger partial charge on any atom is 0.190 e. The summed E-state index contributed by atoms with van der Waals surface area (Å²) >= 11 is 0. The van der Waals surface area contributed by atoms with E-state index in [1.807, 2.05) is 6.19 Å². The summed E-state index contributed by atoms with van der Waals surface area (Å²) in [5.74, 6) is 0. The summed E-state index contributed by atoms with van der Waals surface area (Å²) in [6.07, 6.45) is 6.29. The van der Waals surface area contributed by atoms with Gasteiger partial charge in [-0.15, -0.1) is 0 Å². The van der Waals surface area contributed by atoms with Crippen molar-refractivity contribution in [2.24, 2.45) is 0 Å². The largest absolute Gasteiger partial charge is 0.242 e. The molecule has 0 radical (unpaired) electrons. The highest BCUT2D eigenvalue weighted by molar-refractivity contribution is 5.69. The molecule has 0 spiro atoms. The number of imidazole rings is 1. The lowest BCUT2D eigenvalue weighted by atomic mass is 10.5. The highest BCUT2D eigenvalue weighted by atomic mass is 15.1. The molecule has 0 bridgehead atoms. The minimum absolute atomic E-state index is 0.543. The monoisotopic (exact) mass is 145 g/mol. The van der Waals surface area contributed by atoms with E-state index in [0.717, 1.165) is 0 Å². The third-order valence-electron chi connectivity index (χ3n) is 1.34. The van der Waals surface area contributed by atoms with Gasteiger partial charge in [-0.05, 0) is 0 Å². The lowest BCUT2D eigenvalue weighted by Gasteiger charge is -1.85. The molecule has 5 nitrogen and oxygen atoms in total. The second-order valence-corrected chi connectivity index (χ2v) is 1.95. The van der Waals surface area contributed by atoms with Gasteiger partial charge in [-0.3, -0.25) is 0 Å². The van der Waals surface area contributed by atoms with Crippen LogP contribution in [0.25, 0.3) is 11.2 Å². The molecule has 0 saturated carbocycles. The van der Waals surface area contributed by atoms with Crippen LogP contribution in [0.1, 0.15) is 0 Å². The van der Waals surface area contributed by atoms with Crippen molar-refractivity contribution in [1.82, 2.24) is 19.5 Å². The SMILES string of the molecule is N#Cn1cnc2ncncc21. The van der Waals surface area contributed by atoms with Crippen molar-refractivity contribution in [3.63, 3.8) is 0 Å². The molecule has 0 amide bonds. The van der Waals surface area contributed by atoms with Crippen LogP contribution >= 0.6 is 0 Å². The molecule has 2 rings (SSSR count). The summed E-state index contributed by atoms with van der Waals surface area (Å²) in [7, 11) is 0. The van der Waals surface area contributed by atoms with Gasteiger partial charge in [0.05, 0.1) is 6.20 Å². The topological polar surface area (TPSA) is 67.4 Å². The smallest absolute Gasteiger partial charge is 0.190 e. The van der Waals surface area contributed by atoms with Crippen molar-refractivity contribution in [3.05, 3.63) is 18.9 Å². The van der Waals surface area contributed by atoms with Crippen molar-refractivity contribution in [2.75, 3.05) is 0 Å². The first kappa shape index (κ1) is 5.80. The van der Waals surface area contributed by atoms with Gasteiger partial charge in [-0.1, -0.05) is 0 Å². The number of hydrogen-bond donors (Lipinski definition) is 0. The van der Waals surface area contributed by atoms with Crippen LogP contribution < -0.4 is 0 Å². The standard InChI is InChI=1S/C6H3N5/c7-2-11-4-10-6-5(11)1-8-3-9-6/h1,3-4H. The van der Waals surface area contributed by atoms with E-state index in [1.54, 1.807) is 6.20 Å². The summed E-state index contributed by atoms with van der Waals surface area (Å²) in [5.41, 5.74) is 1.18. The fraction of sp³-hybridized carbons (Fsp3) is 0. The molecule has 0 aliphatic heterocycles. The van der Waals surface area contributed by atoms with Crippen LogP contribution in [0.3, 0.4) is 0 Å². The Labute approximate surface area is 61.9 Å². The Kier molecular flexibility index (Phi) is 1.07. The molecular formula is C6H3N5. The van der Waals surface area contributed by atoms with E-state index >= 15 is 0 Å². The van der Waals surface area contributed by atoms with Gasteiger partial charge in [0, 0.05) is 0 Å². The first-order chi connectivity index (χ1) is 5.42. The Morgan fingerprint density at radius 1 is 1.45 bits per heavy atom. The highest BCUT2D eigenvalue weighted by Crippen LogP contribution is 2.04. The Morgan fingerprint density at radius 2 is 2.36 bits per heavy atom. The second-order valence-electron chi connectivity index (χ2n) is 1.95. The maximum atomic E-state index is 8.54. The molecule has 5 heteroatoms. The van der Waals surface area contributed by atoms with Gasteiger partial charge in [0.1, 0.15) is 18.2 Å². The number of nitriles is 1. The molecule has 0 N–H and O–H groups in total. The summed E-state index contributed by atoms with van der Waals surface area (Å²) < 4.78 is 1.31. The minimum atomic E-state index is 0.543. The molecule has 2 aromatic rings. The van der Waals surface area contributed by atoms with Crippen LogP contribution in [-0.2, 0) is 0 Å². The first-order valence-electron chi connectivity index (χ1n) is 2.95. The van der Waals surface area contributed by atoms with Crippen molar-refractivity contribution in [1.29, 1.82) is 5.26 Å². The number of aromatic nitrogens is 4. The highest BCUT2D eigenvalue weighted by Gasteiger charge is 1.99. The van der Waals surface area contributed by atoms with Crippen molar-refractivity contribution in [3.8, 4) is 6.19 Å². The van der Waals surface area contributed by atoms with E-state index < -0.39 is 0 Å². The van der Waals surface area contributed by atoms with E-state index in [2.05, 4.69) is 15.0 Å². The predicted octanol–water partition coefficient (Wildman–Crippen LogP) is 0.155. The molecule has 0 fully saturated rings.